The second kappa shape index (κ2) is 8.41. The molecule has 3 rings (SSSR count). The average molecular weight is 409 g/mol. The summed E-state index contributed by atoms with van der Waals surface area (Å²) >= 11 is 11.5. The number of aryl methyl sites for hydroxylation is 1. The number of aromatic nitrogens is 3. The summed E-state index contributed by atoms with van der Waals surface area (Å²) in [6, 6.07) is 9.70. The molecule has 0 amide bonds. The molecule has 0 aliphatic carbocycles. The van der Waals surface area contributed by atoms with Crippen LogP contribution in [0.5, 0.6) is 11.5 Å². The predicted molar refractivity (Wildman–Crippen MR) is 104 cm³/mol. The van der Waals surface area contributed by atoms with E-state index in [1.807, 2.05) is 13.0 Å². The molecule has 0 aliphatic heterocycles. The number of aromatic amines is 1. The highest BCUT2D eigenvalue weighted by Crippen LogP contribution is 2.37. The number of nitrogens with one attached hydrogen (secondary N) is 2. The molecule has 9 heteroatoms. The number of halogens is 2. The fourth-order valence-corrected chi connectivity index (χ4v) is 3.01. The third-order valence-electron chi connectivity index (χ3n) is 3.87. The van der Waals surface area contributed by atoms with Gasteiger partial charge in [0.05, 0.1) is 18.7 Å². The number of benzene rings is 2. The summed E-state index contributed by atoms with van der Waals surface area (Å²) in [5.41, 5.74) is 4.87. The fourth-order valence-electron chi connectivity index (χ4n) is 2.48. The van der Waals surface area contributed by atoms with Crippen LogP contribution in [0, 0.1) is 17.5 Å². The van der Waals surface area contributed by atoms with Crippen molar-refractivity contribution in [2.24, 2.45) is 0 Å². The van der Waals surface area contributed by atoms with Crippen molar-refractivity contribution in [2.45, 2.75) is 20.1 Å². The summed E-state index contributed by atoms with van der Waals surface area (Å²) in [6.07, 6.45) is 0. The molecule has 0 atom stereocenters. The Labute approximate surface area is 165 Å². The Bertz CT molecular complexity index is 988. The van der Waals surface area contributed by atoms with E-state index >= 15 is 0 Å². The molecular formula is C18H18ClFN4O2S. The quantitative estimate of drug-likeness (QED) is 0.568. The van der Waals surface area contributed by atoms with Gasteiger partial charge in [0.1, 0.15) is 18.2 Å². The maximum absolute atomic E-state index is 13.0. The first-order chi connectivity index (χ1) is 13.0. The molecule has 2 N–H and O–H groups in total. The topological polar surface area (TPSA) is 64.1 Å². The minimum absolute atomic E-state index is 0.247. The molecule has 0 saturated carbocycles. The maximum Gasteiger partial charge on any atom is 0.214 e. The van der Waals surface area contributed by atoms with Gasteiger partial charge in [-0.2, -0.15) is 5.10 Å². The maximum atomic E-state index is 13.0. The Hall–Kier alpha value is -2.58. The van der Waals surface area contributed by atoms with Gasteiger partial charge < -0.3 is 14.9 Å². The highest BCUT2D eigenvalue weighted by molar-refractivity contribution is 7.71. The lowest BCUT2D eigenvalue weighted by Gasteiger charge is -2.15. The number of H-pyrrole nitrogens is 1. The minimum atomic E-state index is -0.292. The summed E-state index contributed by atoms with van der Waals surface area (Å²) in [6.45, 7) is 2.54. The van der Waals surface area contributed by atoms with E-state index in [4.69, 9.17) is 33.3 Å². The molecule has 0 spiro atoms. The summed E-state index contributed by atoms with van der Waals surface area (Å²) in [7, 11) is 1.55. The van der Waals surface area contributed by atoms with Gasteiger partial charge in [-0.25, -0.2) is 9.07 Å². The molecule has 0 radical (unpaired) electrons. The van der Waals surface area contributed by atoms with Crippen LogP contribution in [0.2, 0.25) is 5.02 Å². The van der Waals surface area contributed by atoms with E-state index in [0.717, 1.165) is 17.0 Å². The number of hydrogen-bond acceptors (Lipinski definition) is 5. The van der Waals surface area contributed by atoms with Gasteiger partial charge in [0, 0.05) is 0 Å². The fraction of sp³-hybridized carbons (Fsp3) is 0.222. The van der Waals surface area contributed by atoms with Gasteiger partial charge in [-0.15, -0.1) is 0 Å². The highest BCUT2D eigenvalue weighted by Gasteiger charge is 2.13. The Kier molecular flexibility index (Phi) is 5.98. The molecule has 2 aromatic carbocycles. The number of hydrogen-bond donors (Lipinski definition) is 2. The Morgan fingerprint density at radius 1 is 1.26 bits per heavy atom. The van der Waals surface area contributed by atoms with Crippen LogP contribution in [0.15, 0.2) is 36.4 Å². The van der Waals surface area contributed by atoms with Crippen molar-refractivity contribution in [3.8, 4) is 11.5 Å². The lowest BCUT2D eigenvalue weighted by Crippen LogP contribution is -2.16. The molecule has 27 heavy (non-hydrogen) atoms. The zero-order valence-electron chi connectivity index (χ0n) is 14.8. The van der Waals surface area contributed by atoms with E-state index in [1.165, 1.54) is 12.1 Å². The van der Waals surface area contributed by atoms with Crippen LogP contribution in [0.4, 0.5) is 4.39 Å². The van der Waals surface area contributed by atoms with Gasteiger partial charge in [0.25, 0.3) is 0 Å². The third kappa shape index (κ3) is 4.58. The number of ether oxygens (including phenoxy) is 2. The van der Waals surface area contributed by atoms with E-state index in [1.54, 1.807) is 30.0 Å². The summed E-state index contributed by atoms with van der Waals surface area (Å²) in [5.74, 6) is 1.37. The normalized spacial score (nSPS) is 10.7. The van der Waals surface area contributed by atoms with Gasteiger partial charge >= 0.3 is 0 Å². The lowest BCUT2D eigenvalue weighted by molar-refractivity contribution is 0.284. The molecule has 142 valence electrons. The first-order valence-electron chi connectivity index (χ1n) is 8.09. The Morgan fingerprint density at radius 3 is 2.63 bits per heavy atom. The summed E-state index contributed by atoms with van der Waals surface area (Å²) in [5, 5.41) is 7.17. The second-order valence-corrected chi connectivity index (χ2v) is 6.56. The van der Waals surface area contributed by atoms with Gasteiger partial charge in [-0.05, 0) is 54.5 Å². The zero-order chi connectivity index (χ0) is 19.4. The first kappa shape index (κ1) is 19.2. The van der Waals surface area contributed by atoms with Crippen molar-refractivity contribution in [3.63, 3.8) is 0 Å². The standard InChI is InChI=1S/C18H18ClFN4O2S/c1-11-22-23-18(27)24(11)21-9-13-7-15(19)17(16(8-13)25-2)26-10-12-3-5-14(20)6-4-12/h3-8,21H,9-10H2,1-2H3,(H,23,27). The summed E-state index contributed by atoms with van der Waals surface area (Å²) in [4.78, 5) is 0. The summed E-state index contributed by atoms with van der Waals surface area (Å²) < 4.78 is 26.4. The SMILES string of the molecule is COc1cc(CNn2c(C)n[nH]c2=S)cc(Cl)c1OCc1ccc(F)cc1. The van der Waals surface area contributed by atoms with Crippen LogP contribution in [0.25, 0.3) is 0 Å². The molecule has 0 saturated heterocycles. The molecular weight excluding hydrogens is 391 g/mol. The van der Waals surface area contributed by atoms with E-state index < -0.39 is 0 Å². The third-order valence-corrected chi connectivity index (χ3v) is 4.42. The van der Waals surface area contributed by atoms with Gasteiger partial charge in [-0.3, -0.25) is 5.10 Å². The molecule has 6 nitrogen and oxygen atoms in total. The van der Waals surface area contributed by atoms with Crippen LogP contribution in [0.1, 0.15) is 17.0 Å². The average Bonchev–Trinajstić information content (AvgIpc) is 2.98. The highest BCUT2D eigenvalue weighted by atomic mass is 35.5. The molecule has 3 aromatic rings. The first-order valence-corrected chi connectivity index (χ1v) is 8.88. The Balaban J connectivity index is 1.74. The van der Waals surface area contributed by atoms with Crippen LogP contribution in [-0.4, -0.2) is 22.0 Å². The van der Waals surface area contributed by atoms with E-state index in [0.29, 0.717) is 27.8 Å². The van der Waals surface area contributed by atoms with Gasteiger partial charge in [0.15, 0.2) is 11.5 Å². The van der Waals surface area contributed by atoms with Crippen LogP contribution in [-0.2, 0) is 13.2 Å². The molecule has 1 heterocycles. The minimum Gasteiger partial charge on any atom is -0.493 e. The van der Waals surface area contributed by atoms with Crippen LogP contribution < -0.4 is 14.9 Å². The predicted octanol–water partition coefficient (Wildman–Crippen LogP) is 4.37. The lowest BCUT2D eigenvalue weighted by atomic mass is 10.2. The van der Waals surface area contributed by atoms with Crippen molar-refractivity contribution in [1.29, 1.82) is 0 Å². The van der Waals surface area contributed by atoms with Gasteiger partial charge in [0.2, 0.25) is 4.77 Å². The van der Waals surface area contributed by atoms with Crippen molar-refractivity contribution < 1.29 is 13.9 Å². The molecule has 0 aliphatic rings. The largest absolute Gasteiger partial charge is 0.493 e. The van der Waals surface area contributed by atoms with Crippen molar-refractivity contribution in [3.05, 3.63) is 69.0 Å². The number of methoxy groups -OCH3 is 1. The van der Waals surface area contributed by atoms with Crippen LogP contribution in [0.3, 0.4) is 0 Å². The molecule has 1 aromatic heterocycles. The van der Waals surface area contributed by atoms with Crippen molar-refractivity contribution in [2.75, 3.05) is 12.5 Å². The smallest absolute Gasteiger partial charge is 0.214 e. The number of rotatable bonds is 7. The van der Waals surface area contributed by atoms with E-state index in [-0.39, 0.29) is 12.4 Å². The van der Waals surface area contributed by atoms with Crippen LogP contribution >= 0.6 is 23.8 Å². The van der Waals surface area contributed by atoms with Crippen molar-refractivity contribution >= 4 is 23.8 Å². The molecule has 0 unspecified atom stereocenters. The second-order valence-electron chi connectivity index (χ2n) is 5.77. The molecule has 0 fully saturated rings. The monoisotopic (exact) mass is 408 g/mol. The Morgan fingerprint density at radius 2 is 2.00 bits per heavy atom. The van der Waals surface area contributed by atoms with Crippen molar-refractivity contribution in [1.82, 2.24) is 14.9 Å². The number of nitrogens with zero attached hydrogens (tertiary/aromatic N) is 2. The van der Waals surface area contributed by atoms with E-state index in [9.17, 15) is 4.39 Å². The van der Waals surface area contributed by atoms with Gasteiger partial charge in [-0.1, -0.05) is 23.7 Å². The van der Waals surface area contributed by atoms with E-state index in [2.05, 4.69) is 15.6 Å². The molecule has 0 bridgehead atoms. The zero-order valence-corrected chi connectivity index (χ0v) is 16.3.